The zero-order chi connectivity index (χ0) is 6.08. The van der Waals surface area contributed by atoms with Crippen molar-refractivity contribution >= 4 is 5.97 Å². The van der Waals surface area contributed by atoms with Gasteiger partial charge in [-0.2, -0.15) is 13.2 Å². The van der Waals surface area contributed by atoms with Gasteiger partial charge >= 0.3 is 12.1 Å². The van der Waals surface area contributed by atoms with Crippen molar-refractivity contribution < 1.29 is 64.5 Å². The molecule has 9 N–H and O–H groups in total. The van der Waals surface area contributed by atoms with Gasteiger partial charge in [-0.05, 0) is 0 Å². The summed E-state index contributed by atoms with van der Waals surface area (Å²) in [6.07, 6.45) is -5.08. The van der Waals surface area contributed by atoms with Crippen LogP contribution in [0.4, 0.5) is 13.2 Å². The van der Waals surface area contributed by atoms with Crippen LogP contribution in [0.3, 0.4) is 0 Å². The van der Waals surface area contributed by atoms with E-state index >= 15 is 0 Å². The molecule has 0 saturated carbocycles. The molecule has 10 heteroatoms. The van der Waals surface area contributed by atoms with E-state index in [4.69, 9.17) is 9.90 Å². The molecule has 0 aromatic rings. The van der Waals surface area contributed by atoms with Crippen LogP contribution in [-0.4, -0.2) is 39.2 Å². The fourth-order valence-electron chi connectivity index (χ4n) is 0. The third-order valence-corrected chi connectivity index (χ3v) is 0.243. The molecule has 0 aliphatic rings. The number of halogens is 3. The molecular weight excluding hydrogens is 242 g/mol. The molecule has 0 aromatic carbocycles. The van der Waals surface area contributed by atoms with Crippen LogP contribution in [0, 0.1) is 0 Å². The molecule has 0 atom stereocenters. The molecule has 0 unspecified atom stereocenters. The van der Waals surface area contributed by atoms with Crippen LogP contribution in [0.25, 0.3) is 0 Å². The minimum atomic E-state index is -5.08. The summed E-state index contributed by atoms with van der Waals surface area (Å²) >= 11 is 0. The molecule has 0 fully saturated rings. The molecule has 12 heavy (non-hydrogen) atoms. The standard InChI is InChI=1S/C2HF3O2.4H2O.Zn/c3-2(4,5)1(6)7;;;;;/h(H,6,7);4*1H2;. The average Bonchev–Trinajstić information content (AvgIpc) is 1.31. The largest absolute Gasteiger partial charge is 0.490 e. The Morgan fingerprint density at radius 3 is 1.08 bits per heavy atom. The molecule has 0 rings (SSSR count). The van der Waals surface area contributed by atoms with Gasteiger partial charge in [0, 0.05) is 19.5 Å². The van der Waals surface area contributed by atoms with E-state index in [2.05, 4.69) is 0 Å². The molecule has 0 heterocycles. The molecule has 0 aromatic heterocycles. The summed E-state index contributed by atoms with van der Waals surface area (Å²) in [4.78, 5) is 8.90. The average molecular weight is 251 g/mol. The number of alkyl halides is 3. The second-order valence-corrected chi connectivity index (χ2v) is 0.803. The van der Waals surface area contributed by atoms with E-state index < -0.39 is 12.1 Å². The Morgan fingerprint density at radius 1 is 1.00 bits per heavy atom. The fourth-order valence-corrected chi connectivity index (χ4v) is 0. The van der Waals surface area contributed by atoms with E-state index in [0.717, 1.165) is 0 Å². The van der Waals surface area contributed by atoms with Crippen molar-refractivity contribution in [2.45, 2.75) is 6.18 Å². The first kappa shape index (κ1) is 41.2. The Labute approximate surface area is 77.4 Å². The van der Waals surface area contributed by atoms with Crippen LogP contribution >= 0.6 is 0 Å². The van der Waals surface area contributed by atoms with E-state index in [9.17, 15) is 13.2 Å². The maximum Gasteiger partial charge on any atom is 0.490 e. The minimum Gasteiger partial charge on any atom is -0.475 e. The van der Waals surface area contributed by atoms with E-state index in [-0.39, 0.29) is 41.4 Å². The van der Waals surface area contributed by atoms with Gasteiger partial charge in [-0.1, -0.05) is 0 Å². The first-order valence-corrected chi connectivity index (χ1v) is 1.24. The molecule has 6 nitrogen and oxygen atoms in total. The van der Waals surface area contributed by atoms with Gasteiger partial charge in [0.15, 0.2) is 0 Å². The van der Waals surface area contributed by atoms with Crippen LogP contribution in [0.15, 0.2) is 0 Å². The zero-order valence-electron chi connectivity index (χ0n) is 5.70. The maximum atomic E-state index is 10.6. The summed E-state index contributed by atoms with van der Waals surface area (Å²) in [5.41, 5.74) is 0. The van der Waals surface area contributed by atoms with Gasteiger partial charge in [0.2, 0.25) is 0 Å². The number of hydrogen-bond acceptors (Lipinski definition) is 1. The Kier molecular flexibility index (Phi) is 45.7. The van der Waals surface area contributed by atoms with Crippen molar-refractivity contribution in [1.29, 1.82) is 0 Å². The zero-order valence-corrected chi connectivity index (χ0v) is 8.66. The quantitative estimate of drug-likeness (QED) is 0.465. The molecule has 0 saturated heterocycles. The van der Waals surface area contributed by atoms with Gasteiger partial charge in [0.25, 0.3) is 0 Å². The van der Waals surface area contributed by atoms with Crippen molar-refractivity contribution in [1.82, 2.24) is 0 Å². The maximum absolute atomic E-state index is 10.6. The van der Waals surface area contributed by atoms with Gasteiger partial charge < -0.3 is 27.0 Å². The summed E-state index contributed by atoms with van der Waals surface area (Å²) in [6, 6.07) is 0. The summed E-state index contributed by atoms with van der Waals surface area (Å²) in [5.74, 6) is -2.76. The van der Waals surface area contributed by atoms with E-state index in [1.807, 2.05) is 0 Å². The monoisotopic (exact) mass is 250 g/mol. The first-order chi connectivity index (χ1) is 2.94. The predicted molar refractivity (Wildman–Crippen MR) is 28.1 cm³/mol. The summed E-state index contributed by atoms with van der Waals surface area (Å²) in [7, 11) is 0. The Hall–Kier alpha value is -0.277. The van der Waals surface area contributed by atoms with Crippen molar-refractivity contribution in [3.8, 4) is 0 Å². The number of carboxylic acid groups (broad SMARTS) is 1. The molecule has 0 aliphatic heterocycles. The van der Waals surface area contributed by atoms with E-state index in [0.29, 0.717) is 0 Å². The second kappa shape index (κ2) is 13.3. The van der Waals surface area contributed by atoms with Gasteiger partial charge in [-0.3, -0.25) is 0 Å². The number of carbonyl (C=O) groups is 1. The molecule has 0 radical (unpaired) electrons. The fraction of sp³-hybridized carbons (Fsp3) is 0.500. The topological polar surface area (TPSA) is 163 Å². The summed E-state index contributed by atoms with van der Waals surface area (Å²) < 4.78 is 31.7. The molecule has 0 spiro atoms. The number of aliphatic carboxylic acids is 1. The van der Waals surface area contributed by atoms with Crippen molar-refractivity contribution in [2.75, 3.05) is 0 Å². The van der Waals surface area contributed by atoms with Crippen LogP contribution in [0.1, 0.15) is 0 Å². The van der Waals surface area contributed by atoms with Gasteiger partial charge in [-0.15, -0.1) is 0 Å². The van der Waals surface area contributed by atoms with Gasteiger partial charge in [0.05, 0.1) is 0 Å². The predicted octanol–water partition coefficient (Wildman–Crippen LogP) is -2.67. The molecule has 0 aliphatic carbocycles. The summed E-state index contributed by atoms with van der Waals surface area (Å²) in [6.45, 7) is 0. The van der Waals surface area contributed by atoms with Crippen LogP contribution in [0.5, 0.6) is 0 Å². The Bertz CT molecular complexity index is 93.3. The smallest absolute Gasteiger partial charge is 0.475 e. The van der Waals surface area contributed by atoms with E-state index in [1.54, 1.807) is 0 Å². The normalized spacial score (nSPS) is 6.58. The van der Waals surface area contributed by atoms with Crippen LogP contribution in [-0.2, 0) is 24.3 Å². The van der Waals surface area contributed by atoms with Crippen LogP contribution < -0.4 is 0 Å². The molecule has 0 amide bonds. The third kappa shape index (κ3) is 22.6. The minimum absolute atomic E-state index is 0. The third-order valence-electron chi connectivity index (χ3n) is 0.243. The number of rotatable bonds is 0. The first-order valence-electron chi connectivity index (χ1n) is 1.24. The second-order valence-electron chi connectivity index (χ2n) is 0.803. The van der Waals surface area contributed by atoms with E-state index in [1.165, 1.54) is 0 Å². The Balaban J connectivity index is -0.0000000180. The summed E-state index contributed by atoms with van der Waals surface area (Å²) in [5, 5.41) is 7.12. The van der Waals surface area contributed by atoms with Crippen molar-refractivity contribution in [2.24, 2.45) is 0 Å². The van der Waals surface area contributed by atoms with Gasteiger partial charge in [0.1, 0.15) is 0 Å². The molecule has 0 bridgehead atoms. The number of hydrogen-bond donors (Lipinski definition) is 1. The van der Waals surface area contributed by atoms with Crippen LogP contribution in [0.2, 0.25) is 0 Å². The number of carboxylic acids is 1. The molecular formula is C2H9F3O6Zn. The molecule has 76 valence electrons. The van der Waals surface area contributed by atoms with Gasteiger partial charge in [-0.25, -0.2) is 4.79 Å². The van der Waals surface area contributed by atoms with Crippen molar-refractivity contribution in [3.63, 3.8) is 0 Å². The van der Waals surface area contributed by atoms with Crippen molar-refractivity contribution in [3.05, 3.63) is 0 Å². The Morgan fingerprint density at radius 2 is 1.08 bits per heavy atom. The SMILES string of the molecule is O.O.O.O.O=C(O)C(F)(F)F.[Zn].